The molecule has 0 spiro atoms. The molecule has 0 aliphatic rings. The van der Waals surface area contributed by atoms with Crippen LogP contribution in [0.4, 0.5) is 0 Å². The number of fused-ring (bicyclic) bond motifs is 1. The van der Waals surface area contributed by atoms with Gasteiger partial charge < -0.3 is 9.72 Å². The first-order valence-electron chi connectivity index (χ1n) is 6.07. The standard InChI is InChI=1S/C14H14BrNO3/c15-7-3-4-8-19-14(18)11-9-10-5-1-2-6-12(10)16-13(11)17/h1-2,5-6,9H,3-4,7-8H2,(H,16,17). The van der Waals surface area contributed by atoms with Gasteiger partial charge in [0, 0.05) is 10.8 Å². The fraction of sp³-hybridized carbons (Fsp3) is 0.286. The fourth-order valence-electron chi connectivity index (χ4n) is 1.74. The number of hydrogen-bond donors (Lipinski definition) is 1. The van der Waals surface area contributed by atoms with Crippen LogP contribution in [0.25, 0.3) is 10.9 Å². The molecule has 0 bridgehead atoms. The predicted molar refractivity (Wildman–Crippen MR) is 77.9 cm³/mol. The van der Waals surface area contributed by atoms with Gasteiger partial charge in [0.1, 0.15) is 5.56 Å². The molecule has 19 heavy (non-hydrogen) atoms. The Balaban J connectivity index is 2.17. The van der Waals surface area contributed by atoms with Crippen molar-refractivity contribution in [2.24, 2.45) is 0 Å². The molecule has 0 radical (unpaired) electrons. The molecule has 1 aromatic carbocycles. The van der Waals surface area contributed by atoms with Crippen molar-refractivity contribution in [2.75, 3.05) is 11.9 Å². The van der Waals surface area contributed by atoms with E-state index in [-0.39, 0.29) is 5.56 Å². The highest BCUT2D eigenvalue weighted by atomic mass is 79.9. The van der Waals surface area contributed by atoms with Crippen LogP contribution in [-0.4, -0.2) is 22.9 Å². The fourth-order valence-corrected chi connectivity index (χ4v) is 2.13. The van der Waals surface area contributed by atoms with Crippen LogP contribution >= 0.6 is 15.9 Å². The number of aromatic nitrogens is 1. The third kappa shape index (κ3) is 3.44. The molecule has 0 unspecified atom stereocenters. The molecule has 4 nitrogen and oxygen atoms in total. The average Bonchev–Trinajstić information content (AvgIpc) is 2.42. The molecule has 1 N–H and O–H groups in total. The largest absolute Gasteiger partial charge is 0.462 e. The molecule has 1 heterocycles. The van der Waals surface area contributed by atoms with E-state index < -0.39 is 11.5 Å². The topological polar surface area (TPSA) is 59.2 Å². The number of ether oxygens (including phenoxy) is 1. The van der Waals surface area contributed by atoms with E-state index in [1.165, 1.54) is 0 Å². The normalized spacial score (nSPS) is 10.6. The summed E-state index contributed by atoms with van der Waals surface area (Å²) < 4.78 is 5.08. The molecule has 0 fully saturated rings. The maximum Gasteiger partial charge on any atom is 0.343 e. The maximum atomic E-state index is 11.8. The van der Waals surface area contributed by atoms with Gasteiger partial charge in [-0.15, -0.1) is 0 Å². The number of nitrogens with one attached hydrogen (secondary N) is 1. The third-order valence-corrected chi connectivity index (χ3v) is 3.30. The lowest BCUT2D eigenvalue weighted by Gasteiger charge is -2.04. The summed E-state index contributed by atoms with van der Waals surface area (Å²) in [4.78, 5) is 26.3. The highest BCUT2D eigenvalue weighted by molar-refractivity contribution is 9.09. The molecule has 0 saturated carbocycles. The minimum Gasteiger partial charge on any atom is -0.462 e. The van der Waals surface area contributed by atoms with Crippen LogP contribution in [0, 0.1) is 0 Å². The van der Waals surface area contributed by atoms with Crippen LogP contribution in [-0.2, 0) is 4.74 Å². The Morgan fingerprint density at radius 1 is 1.26 bits per heavy atom. The highest BCUT2D eigenvalue weighted by Gasteiger charge is 2.12. The van der Waals surface area contributed by atoms with E-state index in [0.29, 0.717) is 12.1 Å². The number of hydrogen-bond acceptors (Lipinski definition) is 3. The summed E-state index contributed by atoms with van der Waals surface area (Å²) in [5.74, 6) is -0.568. The van der Waals surface area contributed by atoms with Crippen LogP contribution in [0.3, 0.4) is 0 Å². The average molecular weight is 324 g/mol. The molecule has 2 aromatic rings. The second-order valence-electron chi connectivity index (χ2n) is 4.13. The lowest BCUT2D eigenvalue weighted by Crippen LogP contribution is -2.19. The van der Waals surface area contributed by atoms with Gasteiger partial charge in [-0.3, -0.25) is 4.79 Å². The number of alkyl halides is 1. The van der Waals surface area contributed by atoms with E-state index in [2.05, 4.69) is 20.9 Å². The smallest absolute Gasteiger partial charge is 0.343 e. The molecule has 5 heteroatoms. The number of benzene rings is 1. The van der Waals surface area contributed by atoms with Crippen molar-refractivity contribution in [3.05, 3.63) is 46.2 Å². The Labute approximate surface area is 118 Å². The van der Waals surface area contributed by atoms with Gasteiger partial charge >= 0.3 is 5.97 Å². The van der Waals surface area contributed by atoms with Crippen LogP contribution < -0.4 is 5.56 Å². The molecule has 1 aromatic heterocycles. The van der Waals surface area contributed by atoms with Gasteiger partial charge in [-0.25, -0.2) is 4.79 Å². The Bertz CT molecular complexity index is 636. The van der Waals surface area contributed by atoms with Gasteiger partial charge in [0.15, 0.2) is 0 Å². The van der Waals surface area contributed by atoms with Crippen molar-refractivity contribution in [1.82, 2.24) is 4.98 Å². The third-order valence-electron chi connectivity index (χ3n) is 2.73. The molecule has 2 rings (SSSR count). The van der Waals surface area contributed by atoms with Gasteiger partial charge in [0.2, 0.25) is 0 Å². The number of H-pyrrole nitrogens is 1. The molecule has 0 aliphatic carbocycles. The Morgan fingerprint density at radius 2 is 2.05 bits per heavy atom. The molecule has 0 saturated heterocycles. The molecule has 0 aliphatic heterocycles. The SMILES string of the molecule is O=C(OCCCCBr)c1cc2ccccc2[nH]c1=O. The minimum atomic E-state index is -0.568. The number of halogens is 1. The van der Waals surface area contributed by atoms with Crippen molar-refractivity contribution in [1.29, 1.82) is 0 Å². The Hall–Kier alpha value is -1.62. The number of carbonyl (C=O) groups excluding carboxylic acids is 1. The maximum absolute atomic E-state index is 11.8. The van der Waals surface area contributed by atoms with Gasteiger partial charge in [-0.05, 0) is 30.4 Å². The van der Waals surface area contributed by atoms with E-state index in [4.69, 9.17) is 4.74 Å². The summed E-state index contributed by atoms with van der Waals surface area (Å²) in [6, 6.07) is 8.89. The number of aromatic amines is 1. The zero-order chi connectivity index (χ0) is 13.7. The second kappa shape index (κ2) is 6.52. The van der Waals surface area contributed by atoms with Crippen LogP contribution in [0.1, 0.15) is 23.2 Å². The zero-order valence-corrected chi connectivity index (χ0v) is 11.9. The lowest BCUT2D eigenvalue weighted by molar-refractivity contribution is 0.0498. The van der Waals surface area contributed by atoms with Crippen molar-refractivity contribution >= 4 is 32.8 Å². The first-order chi connectivity index (χ1) is 9.22. The molecular weight excluding hydrogens is 310 g/mol. The van der Waals surface area contributed by atoms with Crippen molar-refractivity contribution in [2.45, 2.75) is 12.8 Å². The molecule has 0 atom stereocenters. The quantitative estimate of drug-likeness (QED) is 0.523. The predicted octanol–water partition coefficient (Wildman–Crippen LogP) is 2.86. The van der Waals surface area contributed by atoms with E-state index in [9.17, 15) is 9.59 Å². The van der Waals surface area contributed by atoms with E-state index in [1.807, 2.05) is 18.2 Å². The van der Waals surface area contributed by atoms with Crippen LogP contribution in [0.5, 0.6) is 0 Å². The van der Waals surface area contributed by atoms with Crippen LogP contribution in [0.15, 0.2) is 35.1 Å². The molecular formula is C14H14BrNO3. The lowest BCUT2D eigenvalue weighted by atomic mass is 10.1. The first-order valence-corrected chi connectivity index (χ1v) is 7.19. The van der Waals surface area contributed by atoms with Gasteiger partial charge in [-0.1, -0.05) is 34.1 Å². The summed E-state index contributed by atoms with van der Waals surface area (Å²) in [5.41, 5.74) is 0.352. The minimum absolute atomic E-state index is 0.0533. The van der Waals surface area contributed by atoms with Crippen molar-refractivity contribution < 1.29 is 9.53 Å². The summed E-state index contributed by atoms with van der Waals surface area (Å²) in [7, 11) is 0. The van der Waals surface area contributed by atoms with Gasteiger partial charge in [0.25, 0.3) is 5.56 Å². The summed E-state index contributed by atoms with van der Waals surface area (Å²) in [5, 5.41) is 1.69. The Morgan fingerprint density at radius 3 is 2.84 bits per heavy atom. The molecule has 100 valence electrons. The van der Waals surface area contributed by atoms with E-state index in [0.717, 1.165) is 23.6 Å². The van der Waals surface area contributed by atoms with Gasteiger partial charge in [0.05, 0.1) is 6.61 Å². The van der Waals surface area contributed by atoms with Crippen molar-refractivity contribution in [3.8, 4) is 0 Å². The van der Waals surface area contributed by atoms with Crippen LogP contribution in [0.2, 0.25) is 0 Å². The van der Waals surface area contributed by atoms with Gasteiger partial charge in [-0.2, -0.15) is 0 Å². The number of carbonyl (C=O) groups is 1. The summed E-state index contributed by atoms with van der Waals surface area (Å²) >= 11 is 3.30. The monoisotopic (exact) mass is 323 g/mol. The van der Waals surface area contributed by atoms with E-state index in [1.54, 1.807) is 12.1 Å². The Kier molecular flexibility index (Phi) is 4.74. The summed E-state index contributed by atoms with van der Waals surface area (Å²) in [6.45, 7) is 0.330. The second-order valence-corrected chi connectivity index (χ2v) is 4.92. The number of unbranched alkanes of at least 4 members (excludes halogenated alkanes) is 1. The number of para-hydroxylation sites is 1. The number of rotatable bonds is 5. The van der Waals surface area contributed by atoms with E-state index >= 15 is 0 Å². The first kappa shape index (κ1) is 13.8. The number of esters is 1. The number of pyridine rings is 1. The van der Waals surface area contributed by atoms with Crippen molar-refractivity contribution in [3.63, 3.8) is 0 Å². The zero-order valence-electron chi connectivity index (χ0n) is 10.3. The highest BCUT2D eigenvalue weighted by Crippen LogP contribution is 2.10. The summed E-state index contributed by atoms with van der Waals surface area (Å²) in [6.07, 6.45) is 1.71. The molecule has 0 amide bonds.